The highest BCUT2D eigenvalue weighted by molar-refractivity contribution is 7.05. The number of esters is 1. The van der Waals surface area contributed by atoms with Crippen molar-refractivity contribution in [3.05, 3.63) is 47.0 Å². The Balaban J connectivity index is 1.95. The lowest BCUT2D eigenvalue weighted by Gasteiger charge is -2.01. The van der Waals surface area contributed by atoms with Crippen LogP contribution in [0.5, 0.6) is 5.75 Å². The molecule has 0 bridgehead atoms. The summed E-state index contributed by atoms with van der Waals surface area (Å²) in [5.74, 6) is 0.323. The summed E-state index contributed by atoms with van der Waals surface area (Å²) in [5, 5.41) is 0. The standard InChI is InChI=1S/C12H11NO2S/c1-9-7-11(16-13-9)8-12(14)15-10-5-3-2-4-6-10/h2-7H,8H2,1H3. The van der Waals surface area contributed by atoms with E-state index in [0.29, 0.717) is 5.75 Å². The number of ether oxygens (including phenoxy) is 1. The second-order valence-electron chi connectivity index (χ2n) is 3.40. The van der Waals surface area contributed by atoms with Crippen molar-refractivity contribution in [2.75, 3.05) is 0 Å². The summed E-state index contributed by atoms with van der Waals surface area (Å²) in [4.78, 5) is 12.5. The molecule has 82 valence electrons. The number of hydrogen-bond donors (Lipinski definition) is 0. The average Bonchev–Trinajstić information content (AvgIpc) is 2.65. The third kappa shape index (κ3) is 2.90. The van der Waals surface area contributed by atoms with Crippen molar-refractivity contribution in [3.63, 3.8) is 0 Å². The monoisotopic (exact) mass is 233 g/mol. The number of aromatic nitrogens is 1. The van der Waals surface area contributed by atoms with Crippen molar-refractivity contribution < 1.29 is 9.53 Å². The molecule has 0 aliphatic heterocycles. The molecule has 1 heterocycles. The van der Waals surface area contributed by atoms with Gasteiger partial charge in [0.05, 0.1) is 12.1 Å². The first-order valence-electron chi connectivity index (χ1n) is 4.92. The van der Waals surface area contributed by atoms with Gasteiger partial charge in [0.2, 0.25) is 0 Å². The van der Waals surface area contributed by atoms with E-state index in [2.05, 4.69) is 4.37 Å². The number of benzene rings is 1. The summed E-state index contributed by atoms with van der Waals surface area (Å²) in [5.41, 5.74) is 0.938. The van der Waals surface area contributed by atoms with Crippen molar-refractivity contribution in [2.24, 2.45) is 0 Å². The number of hydrogen-bond acceptors (Lipinski definition) is 4. The molecule has 0 fully saturated rings. The lowest BCUT2D eigenvalue weighted by atomic mass is 10.3. The van der Waals surface area contributed by atoms with E-state index in [-0.39, 0.29) is 12.4 Å². The molecule has 3 nitrogen and oxygen atoms in total. The van der Waals surface area contributed by atoms with Crippen molar-refractivity contribution in [3.8, 4) is 5.75 Å². The molecule has 0 aliphatic carbocycles. The normalized spacial score (nSPS) is 10.1. The number of carbonyl (C=O) groups is 1. The van der Waals surface area contributed by atoms with Crippen LogP contribution in [0.25, 0.3) is 0 Å². The summed E-state index contributed by atoms with van der Waals surface area (Å²) in [6.45, 7) is 1.91. The molecule has 0 amide bonds. The Kier molecular flexibility index (Phi) is 3.31. The van der Waals surface area contributed by atoms with Gasteiger partial charge in [-0.25, -0.2) is 0 Å². The highest BCUT2D eigenvalue weighted by atomic mass is 32.1. The molecule has 0 unspecified atom stereocenters. The molecule has 0 radical (unpaired) electrons. The van der Waals surface area contributed by atoms with E-state index in [1.165, 1.54) is 11.5 Å². The van der Waals surface area contributed by atoms with Gasteiger partial charge in [-0.1, -0.05) is 18.2 Å². The van der Waals surface area contributed by atoms with Crippen LogP contribution >= 0.6 is 11.5 Å². The van der Waals surface area contributed by atoms with Gasteiger partial charge in [0.25, 0.3) is 0 Å². The maximum atomic E-state index is 11.5. The summed E-state index contributed by atoms with van der Waals surface area (Å²) in [6.07, 6.45) is 0.278. The van der Waals surface area contributed by atoms with Crippen LogP contribution in [0.2, 0.25) is 0 Å². The second-order valence-corrected chi connectivity index (χ2v) is 4.29. The number of nitrogens with zero attached hydrogens (tertiary/aromatic N) is 1. The van der Waals surface area contributed by atoms with E-state index in [1.807, 2.05) is 31.2 Å². The Morgan fingerprint density at radius 3 is 2.75 bits per heavy atom. The van der Waals surface area contributed by atoms with Gasteiger partial charge in [0.1, 0.15) is 5.75 Å². The SMILES string of the molecule is Cc1cc(CC(=O)Oc2ccccc2)sn1. The Morgan fingerprint density at radius 1 is 1.38 bits per heavy atom. The quantitative estimate of drug-likeness (QED) is 0.604. The Bertz CT molecular complexity index is 479. The molecule has 1 aromatic carbocycles. The minimum absolute atomic E-state index is 0.255. The van der Waals surface area contributed by atoms with Crippen molar-refractivity contribution in [1.82, 2.24) is 4.37 Å². The van der Waals surface area contributed by atoms with E-state index in [4.69, 9.17) is 4.74 Å². The second kappa shape index (κ2) is 4.90. The molecular weight excluding hydrogens is 222 g/mol. The first-order valence-corrected chi connectivity index (χ1v) is 5.69. The van der Waals surface area contributed by atoms with Crippen LogP contribution < -0.4 is 4.74 Å². The fourth-order valence-corrected chi connectivity index (χ4v) is 2.02. The highest BCUT2D eigenvalue weighted by Gasteiger charge is 2.08. The Hall–Kier alpha value is -1.68. The van der Waals surface area contributed by atoms with Crippen LogP contribution in [0.3, 0.4) is 0 Å². The lowest BCUT2D eigenvalue weighted by Crippen LogP contribution is -2.10. The van der Waals surface area contributed by atoms with Crippen molar-refractivity contribution >= 4 is 17.5 Å². The topological polar surface area (TPSA) is 39.2 Å². The zero-order valence-electron chi connectivity index (χ0n) is 8.84. The third-order valence-corrected chi connectivity index (χ3v) is 2.85. The van der Waals surface area contributed by atoms with Gasteiger partial charge < -0.3 is 4.74 Å². The van der Waals surface area contributed by atoms with Gasteiger partial charge in [-0.15, -0.1) is 0 Å². The van der Waals surface area contributed by atoms with Crippen LogP contribution in [-0.2, 0) is 11.2 Å². The van der Waals surface area contributed by atoms with Gasteiger partial charge >= 0.3 is 5.97 Å². The van der Waals surface area contributed by atoms with Crippen molar-refractivity contribution in [2.45, 2.75) is 13.3 Å². The maximum absolute atomic E-state index is 11.5. The van der Waals surface area contributed by atoms with Gasteiger partial charge in [-0.05, 0) is 36.7 Å². The molecule has 16 heavy (non-hydrogen) atoms. The molecule has 0 saturated heterocycles. The molecule has 0 N–H and O–H groups in total. The van der Waals surface area contributed by atoms with Gasteiger partial charge in [-0.2, -0.15) is 4.37 Å². The molecule has 2 aromatic rings. The van der Waals surface area contributed by atoms with Crippen LogP contribution in [0.15, 0.2) is 36.4 Å². The van der Waals surface area contributed by atoms with Gasteiger partial charge in [-0.3, -0.25) is 4.79 Å². The molecule has 0 saturated carbocycles. The minimum Gasteiger partial charge on any atom is -0.426 e. The fraction of sp³-hybridized carbons (Fsp3) is 0.167. The Morgan fingerprint density at radius 2 is 2.12 bits per heavy atom. The molecular formula is C12H11NO2S. The summed E-state index contributed by atoms with van der Waals surface area (Å²) < 4.78 is 9.28. The van der Waals surface area contributed by atoms with Crippen LogP contribution in [-0.4, -0.2) is 10.3 Å². The molecule has 2 rings (SSSR count). The molecule has 4 heteroatoms. The number of aryl methyl sites for hydroxylation is 1. The van der Waals surface area contributed by atoms with Crippen LogP contribution in [0.1, 0.15) is 10.6 Å². The van der Waals surface area contributed by atoms with E-state index in [1.54, 1.807) is 12.1 Å². The predicted molar refractivity (Wildman–Crippen MR) is 62.6 cm³/mol. The summed E-state index contributed by atoms with van der Waals surface area (Å²) in [7, 11) is 0. The maximum Gasteiger partial charge on any atom is 0.316 e. The van der Waals surface area contributed by atoms with Gasteiger partial charge in [0, 0.05) is 4.88 Å². The molecule has 0 spiro atoms. The molecule has 0 aliphatic rings. The van der Waals surface area contributed by atoms with Gasteiger partial charge in [0.15, 0.2) is 0 Å². The minimum atomic E-state index is -0.255. The predicted octanol–water partition coefficient (Wildman–Crippen LogP) is 2.60. The number of carbonyl (C=O) groups excluding carboxylic acids is 1. The fourth-order valence-electron chi connectivity index (χ4n) is 1.30. The number of rotatable bonds is 3. The van der Waals surface area contributed by atoms with Crippen LogP contribution in [0, 0.1) is 6.92 Å². The van der Waals surface area contributed by atoms with E-state index in [0.717, 1.165) is 10.6 Å². The lowest BCUT2D eigenvalue weighted by molar-refractivity contribution is -0.133. The summed E-state index contributed by atoms with van der Waals surface area (Å²) >= 11 is 1.34. The number of para-hydroxylation sites is 1. The first kappa shape index (κ1) is 10.8. The van der Waals surface area contributed by atoms with Crippen molar-refractivity contribution in [1.29, 1.82) is 0 Å². The van der Waals surface area contributed by atoms with E-state index < -0.39 is 0 Å². The zero-order chi connectivity index (χ0) is 11.4. The molecule has 1 aromatic heterocycles. The average molecular weight is 233 g/mol. The highest BCUT2D eigenvalue weighted by Crippen LogP contribution is 2.13. The van der Waals surface area contributed by atoms with E-state index in [9.17, 15) is 4.79 Å². The van der Waals surface area contributed by atoms with E-state index >= 15 is 0 Å². The zero-order valence-corrected chi connectivity index (χ0v) is 9.66. The molecule has 0 atom stereocenters. The first-order chi connectivity index (χ1) is 7.74. The summed E-state index contributed by atoms with van der Waals surface area (Å²) in [6, 6.07) is 11.0. The van der Waals surface area contributed by atoms with Crippen LogP contribution in [0.4, 0.5) is 0 Å². The Labute approximate surface area is 97.9 Å². The largest absolute Gasteiger partial charge is 0.426 e. The smallest absolute Gasteiger partial charge is 0.316 e. The third-order valence-electron chi connectivity index (χ3n) is 1.97.